The number of aliphatic hydroxyl groups is 1. The summed E-state index contributed by atoms with van der Waals surface area (Å²) in [7, 11) is 0. The van der Waals surface area contributed by atoms with Crippen LogP contribution in [0.25, 0.3) is 0 Å². The molecule has 10 nitrogen and oxygen atoms in total. The van der Waals surface area contributed by atoms with Gasteiger partial charge in [0.1, 0.15) is 29.9 Å². The number of Topliss-reactive ketones (excluding diaryl/α,β-unsaturated/α-hetero) is 1. The average Bonchev–Trinajstić information content (AvgIpc) is 2.67. The second-order valence-corrected chi connectivity index (χ2v) is 10.1. The summed E-state index contributed by atoms with van der Waals surface area (Å²) in [6.07, 6.45) is -0.781. The molecule has 0 aromatic carbocycles. The zero-order valence-corrected chi connectivity index (χ0v) is 21.4. The van der Waals surface area contributed by atoms with Gasteiger partial charge in [0.25, 0.3) is 0 Å². The van der Waals surface area contributed by atoms with Crippen molar-refractivity contribution < 1.29 is 43.2 Å². The number of hydrogen-bond acceptors (Lipinski definition) is 11. The Labute approximate surface area is 203 Å². The highest BCUT2D eigenvalue weighted by molar-refractivity contribution is 7.99. The number of hydrogen-bond donors (Lipinski definition) is 1. The van der Waals surface area contributed by atoms with E-state index in [2.05, 4.69) is 4.99 Å². The monoisotopic (exact) mass is 499 g/mol. The summed E-state index contributed by atoms with van der Waals surface area (Å²) >= 11 is 1.27. The number of esters is 3. The lowest BCUT2D eigenvalue weighted by atomic mass is 9.75. The SMILES string of the molecule is CS[C@@H]1O[C@H](COC(C)=O)[C@@H](OC(C)=O)[C@H](OC(C)=O)[C@@H]1N=C(C)C1=C(O)CC(C)(C)CC1=O. The van der Waals surface area contributed by atoms with Crippen LogP contribution in [0.1, 0.15) is 54.4 Å². The number of thioether (sulfide) groups is 1. The zero-order chi connectivity index (χ0) is 25.8. The minimum atomic E-state index is -1.12. The van der Waals surface area contributed by atoms with Crippen LogP contribution in [0.5, 0.6) is 0 Å². The molecular weight excluding hydrogens is 466 g/mol. The second-order valence-electron chi connectivity index (χ2n) is 9.20. The highest BCUT2D eigenvalue weighted by atomic mass is 32.2. The fourth-order valence-corrected chi connectivity index (χ4v) is 4.95. The van der Waals surface area contributed by atoms with Crippen molar-refractivity contribution in [1.29, 1.82) is 0 Å². The van der Waals surface area contributed by atoms with E-state index in [1.807, 2.05) is 13.8 Å². The number of rotatable bonds is 7. The first-order valence-electron chi connectivity index (χ1n) is 10.9. The number of ether oxygens (including phenoxy) is 4. The molecule has 1 aliphatic carbocycles. The number of ketones is 1. The van der Waals surface area contributed by atoms with Crippen LogP contribution in [-0.4, -0.2) is 77.2 Å². The van der Waals surface area contributed by atoms with Gasteiger partial charge in [-0.3, -0.25) is 24.2 Å². The van der Waals surface area contributed by atoms with E-state index in [1.165, 1.54) is 32.5 Å². The number of carbonyl (C=O) groups is 4. The molecule has 190 valence electrons. The van der Waals surface area contributed by atoms with Crippen LogP contribution in [0.3, 0.4) is 0 Å². The third-order valence-corrected chi connectivity index (χ3v) is 6.31. The van der Waals surface area contributed by atoms with E-state index >= 15 is 0 Å². The molecule has 0 spiro atoms. The molecule has 1 heterocycles. The minimum Gasteiger partial charge on any atom is -0.511 e. The smallest absolute Gasteiger partial charge is 0.303 e. The van der Waals surface area contributed by atoms with Crippen LogP contribution >= 0.6 is 11.8 Å². The first-order chi connectivity index (χ1) is 15.8. The zero-order valence-electron chi connectivity index (χ0n) is 20.6. The fourth-order valence-electron chi connectivity index (χ4n) is 4.20. The standard InChI is InChI=1S/C23H33NO9S/c1-11(18-15(28)8-23(5,6)9-16(18)29)24-19-21(32-14(4)27)20(31-13(3)26)17(10-30-12(2)25)33-22(19)34-7/h17,19-22,28H,8-10H2,1-7H3/t17-,19+,20-,21-,22+/m1/s1. The molecule has 34 heavy (non-hydrogen) atoms. The Morgan fingerprint density at radius 2 is 1.65 bits per heavy atom. The number of allylic oxidation sites excluding steroid dienone is 2. The van der Waals surface area contributed by atoms with Gasteiger partial charge in [-0.2, -0.15) is 0 Å². The van der Waals surface area contributed by atoms with Crippen LogP contribution in [0.2, 0.25) is 0 Å². The van der Waals surface area contributed by atoms with Crippen molar-refractivity contribution in [1.82, 2.24) is 0 Å². The minimum absolute atomic E-state index is 0.0479. The number of nitrogens with zero attached hydrogens (tertiary/aromatic N) is 1. The van der Waals surface area contributed by atoms with Crippen molar-refractivity contribution in [2.24, 2.45) is 10.4 Å². The Morgan fingerprint density at radius 1 is 1.06 bits per heavy atom. The van der Waals surface area contributed by atoms with Gasteiger partial charge in [-0.25, -0.2) is 0 Å². The predicted molar refractivity (Wildman–Crippen MR) is 124 cm³/mol. The average molecular weight is 500 g/mol. The molecule has 1 aliphatic heterocycles. The van der Waals surface area contributed by atoms with E-state index in [-0.39, 0.29) is 41.3 Å². The number of aliphatic hydroxyl groups excluding tert-OH is 1. The van der Waals surface area contributed by atoms with Crippen molar-refractivity contribution in [2.45, 2.75) is 84.2 Å². The van der Waals surface area contributed by atoms with Crippen LogP contribution in [0.4, 0.5) is 0 Å². The van der Waals surface area contributed by atoms with Gasteiger partial charge in [-0.15, -0.1) is 11.8 Å². The van der Waals surface area contributed by atoms with Gasteiger partial charge in [0, 0.05) is 39.3 Å². The topological polar surface area (TPSA) is 138 Å². The first kappa shape index (κ1) is 27.8. The molecule has 0 bridgehead atoms. The van der Waals surface area contributed by atoms with Crippen LogP contribution in [-0.2, 0) is 38.1 Å². The quantitative estimate of drug-likeness (QED) is 0.316. The summed E-state index contributed by atoms with van der Waals surface area (Å²) in [5.41, 5.74) is -0.662. The van der Waals surface area contributed by atoms with E-state index in [9.17, 15) is 24.3 Å². The Balaban J connectivity index is 2.52. The Morgan fingerprint density at radius 3 is 2.15 bits per heavy atom. The summed E-state index contributed by atoms with van der Waals surface area (Å²) in [5, 5.41) is 10.6. The highest BCUT2D eigenvalue weighted by Gasteiger charge is 2.50. The van der Waals surface area contributed by atoms with Crippen molar-refractivity contribution >= 4 is 41.2 Å². The molecule has 0 aromatic heterocycles. The lowest BCUT2D eigenvalue weighted by Crippen LogP contribution is -2.60. The van der Waals surface area contributed by atoms with Gasteiger partial charge < -0.3 is 24.1 Å². The molecule has 2 rings (SSSR count). The summed E-state index contributed by atoms with van der Waals surface area (Å²) in [6.45, 7) is 8.80. The van der Waals surface area contributed by atoms with Crippen molar-refractivity contribution in [3.8, 4) is 0 Å². The lowest BCUT2D eigenvalue weighted by Gasteiger charge is -2.43. The summed E-state index contributed by atoms with van der Waals surface area (Å²) in [5.74, 6) is -2.11. The van der Waals surface area contributed by atoms with Crippen molar-refractivity contribution in [3.05, 3.63) is 11.3 Å². The van der Waals surface area contributed by atoms with Crippen molar-refractivity contribution in [2.75, 3.05) is 12.9 Å². The van der Waals surface area contributed by atoms with E-state index in [0.29, 0.717) is 6.42 Å². The van der Waals surface area contributed by atoms with E-state index in [0.717, 1.165) is 0 Å². The van der Waals surface area contributed by atoms with Gasteiger partial charge in [-0.1, -0.05) is 13.8 Å². The third kappa shape index (κ3) is 7.05. The maximum atomic E-state index is 12.8. The molecule has 0 radical (unpaired) electrons. The number of aliphatic imine (C=N–C) groups is 1. The van der Waals surface area contributed by atoms with Crippen LogP contribution < -0.4 is 0 Å². The normalized spacial score (nSPS) is 29.4. The van der Waals surface area contributed by atoms with Gasteiger partial charge in [-0.05, 0) is 18.6 Å². The molecule has 0 unspecified atom stereocenters. The molecule has 11 heteroatoms. The molecule has 0 aromatic rings. The first-order valence-corrected chi connectivity index (χ1v) is 12.2. The molecule has 2 aliphatic rings. The highest BCUT2D eigenvalue weighted by Crippen LogP contribution is 2.37. The van der Waals surface area contributed by atoms with Gasteiger partial charge in [0.15, 0.2) is 18.0 Å². The fraction of sp³-hybridized carbons (Fsp3) is 0.696. The number of carbonyl (C=O) groups excluding carboxylic acids is 4. The predicted octanol–water partition coefficient (Wildman–Crippen LogP) is 2.53. The van der Waals surface area contributed by atoms with Gasteiger partial charge >= 0.3 is 17.9 Å². The largest absolute Gasteiger partial charge is 0.511 e. The molecular formula is C23H33NO9S. The molecule has 5 atom stereocenters. The Kier molecular flexibility index (Phi) is 9.29. The molecule has 1 fully saturated rings. The van der Waals surface area contributed by atoms with Gasteiger partial charge in [0.05, 0.1) is 5.57 Å². The third-order valence-electron chi connectivity index (χ3n) is 5.46. The second kappa shape index (κ2) is 11.4. The molecule has 0 amide bonds. The Bertz CT molecular complexity index is 895. The summed E-state index contributed by atoms with van der Waals surface area (Å²) < 4.78 is 22.1. The Hall–Kier alpha value is -2.40. The lowest BCUT2D eigenvalue weighted by molar-refractivity contribution is -0.208. The molecule has 0 saturated carbocycles. The molecule has 1 N–H and O–H groups in total. The van der Waals surface area contributed by atoms with Crippen LogP contribution in [0, 0.1) is 5.41 Å². The van der Waals surface area contributed by atoms with Crippen LogP contribution in [0.15, 0.2) is 16.3 Å². The molecule has 1 saturated heterocycles. The van der Waals surface area contributed by atoms with Crippen molar-refractivity contribution in [3.63, 3.8) is 0 Å². The van der Waals surface area contributed by atoms with Gasteiger partial charge in [0.2, 0.25) is 0 Å². The summed E-state index contributed by atoms with van der Waals surface area (Å²) in [6, 6.07) is -0.875. The maximum absolute atomic E-state index is 12.8. The summed E-state index contributed by atoms with van der Waals surface area (Å²) in [4.78, 5) is 52.6. The van der Waals surface area contributed by atoms with E-state index in [1.54, 1.807) is 13.2 Å². The van der Waals surface area contributed by atoms with E-state index in [4.69, 9.17) is 18.9 Å². The van der Waals surface area contributed by atoms with E-state index < -0.39 is 47.7 Å². The maximum Gasteiger partial charge on any atom is 0.303 e.